The molecule has 0 aromatic carbocycles. The molecule has 22 heavy (non-hydrogen) atoms. The van der Waals surface area contributed by atoms with Crippen molar-refractivity contribution in [2.24, 2.45) is 0 Å². The zero-order valence-corrected chi connectivity index (χ0v) is 12.5. The van der Waals surface area contributed by atoms with Crippen molar-refractivity contribution in [3.05, 3.63) is 28.8 Å². The first-order valence-corrected chi connectivity index (χ1v) is 7.59. The maximum absolute atomic E-state index is 11.1. The van der Waals surface area contributed by atoms with Gasteiger partial charge in [-0.3, -0.25) is 9.48 Å². The van der Waals surface area contributed by atoms with Crippen LogP contribution in [-0.4, -0.2) is 42.0 Å². The van der Waals surface area contributed by atoms with Crippen molar-refractivity contribution < 1.29 is 18.7 Å². The molecule has 1 fully saturated rings. The number of fused-ring (bicyclic) bond motifs is 3. The van der Waals surface area contributed by atoms with Gasteiger partial charge in [0, 0.05) is 23.7 Å². The summed E-state index contributed by atoms with van der Waals surface area (Å²) in [5, 5.41) is 4.70. The molecule has 1 aliphatic carbocycles. The monoisotopic (exact) mass is 302 g/mol. The smallest absolute Gasteiger partial charge is 0.185 e. The summed E-state index contributed by atoms with van der Waals surface area (Å²) in [6.45, 7) is 4.51. The Morgan fingerprint density at radius 2 is 2.32 bits per heavy atom. The largest absolute Gasteiger partial charge is 0.457 e. The molecule has 1 saturated heterocycles. The minimum Gasteiger partial charge on any atom is -0.457 e. The number of ether oxygens (including phenoxy) is 2. The number of aryl methyl sites for hydroxylation is 2. The van der Waals surface area contributed by atoms with Crippen LogP contribution in [0.3, 0.4) is 0 Å². The van der Waals surface area contributed by atoms with Crippen LogP contribution in [0.15, 0.2) is 10.6 Å². The van der Waals surface area contributed by atoms with Gasteiger partial charge in [0.05, 0.1) is 32.1 Å². The highest BCUT2D eigenvalue weighted by Crippen LogP contribution is 2.37. The number of carbonyl (C=O) groups is 1. The predicted octanol–water partition coefficient (Wildman–Crippen LogP) is 1.78. The number of hydrogen-bond donors (Lipinski definition) is 0. The summed E-state index contributed by atoms with van der Waals surface area (Å²) >= 11 is 0. The molecular formula is C16H18N2O4. The van der Waals surface area contributed by atoms with Crippen LogP contribution in [0.25, 0.3) is 11.3 Å². The number of carbonyl (C=O) groups excluding carboxylic acids is 1. The summed E-state index contributed by atoms with van der Waals surface area (Å²) in [5.41, 5.74) is 4.01. The van der Waals surface area contributed by atoms with Gasteiger partial charge in [0.25, 0.3) is 0 Å². The molecule has 1 unspecified atom stereocenters. The number of hydrogen-bond acceptors (Lipinski definition) is 5. The van der Waals surface area contributed by atoms with Crippen molar-refractivity contribution in [2.45, 2.75) is 32.4 Å². The molecule has 6 heteroatoms. The molecule has 0 N–H and O–H groups in total. The Hall–Kier alpha value is -1.92. The lowest BCUT2D eigenvalue weighted by Crippen LogP contribution is -2.32. The van der Waals surface area contributed by atoms with E-state index in [-0.39, 0.29) is 6.10 Å². The van der Waals surface area contributed by atoms with Gasteiger partial charge >= 0.3 is 0 Å². The molecule has 4 rings (SSSR count). The average Bonchev–Trinajstić information content (AvgIpc) is 3.08. The van der Waals surface area contributed by atoms with Crippen LogP contribution in [0, 0.1) is 6.92 Å². The van der Waals surface area contributed by atoms with Crippen molar-refractivity contribution in [1.82, 2.24) is 9.78 Å². The maximum Gasteiger partial charge on any atom is 0.185 e. The highest BCUT2D eigenvalue weighted by Gasteiger charge is 2.27. The lowest BCUT2D eigenvalue weighted by Gasteiger charge is -2.22. The fourth-order valence-corrected chi connectivity index (χ4v) is 3.24. The summed E-state index contributed by atoms with van der Waals surface area (Å²) in [7, 11) is 0. The molecule has 0 saturated carbocycles. The Bertz CT molecular complexity index is 710. The van der Waals surface area contributed by atoms with E-state index in [0.29, 0.717) is 32.1 Å². The third kappa shape index (κ3) is 2.19. The van der Waals surface area contributed by atoms with Crippen molar-refractivity contribution >= 4 is 6.29 Å². The molecule has 1 aliphatic heterocycles. The highest BCUT2D eigenvalue weighted by molar-refractivity contribution is 5.81. The van der Waals surface area contributed by atoms with Gasteiger partial charge in [0.1, 0.15) is 11.9 Å². The lowest BCUT2D eigenvalue weighted by molar-refractivity contribution is -0.0946. The van der Waals surface area contributed by atoms with Gasteiger partial charge in [-0.2, -0.15) is 5.10 Å². The quantitative estimate of drug-likeness (QED) is 0.809. The Morgan fingerprint density at radius 3 is 3.09 bits per heavy atom. The minimum atomic E-state index is 0.0468. The molecule has 2 aromatic heterocycles. The zero-order valence-electron chi connectivity index (χ0n) is 12.5. The molecule has 0 bridgehead atoms. The van der Waals surface area contributed by atoms with Crippen LogP contribution in [0.5, 0.6) is 0 Å². The summed E-state index contributed by atoms with van der Waals surface area (Å²) in [4.78, 5) is 11.1. The molecule has 3 heterocycles. The van der Waals surface area contributed by atoms with Gasteiger partial charge in [-0.05, 0) is 18.9 Å². The van der Waals surface area contributed by atoms with Crippen LogP contribution < -0.4 is 0 Å². The van der Waals surface area contributed by atoms with E-state index in [0.717, 1.165) is 41.7 Å². The Labute approximate surface area is 128 Å². The van der Waals surface area contributed by atoms with Gasteiger partial charge in [-0.15, -0.1) is 0 Å². The maximum atomic E-state index is 11.1. The van der Waals surface area contributed by atoms with E-state index in [2.05, 4.69) is 6.20 Å². The van der Waals surface area contributed by atoms with Crippen LogP contribution >= 0.6 is 0 Å². The van der Waals surface area contributed by atoms with Gasteiger partial charge in [0.2, 0.25) is 0 Å². The summed E-state index contributed by atoms with van der Waals surface area (Å²) in [6, 6.07) is 0. The molecule has 2 aromatic rings. The van der Waals surface area contributed by atoms with Crippen LogP contribution in [0.4, 0.5) is 0 Å². The third-order valence-corrected chi connectivity index (χ3v) is 4.33. The second-order valence-electron chi connectivity index (χ2n) is 5.80. The molecule has 6 nitrogen and oxygen atoms in total. The first kappa shape index (κ1) is 13.7. The number of rotatable bonds is 3. The van der Waals surface area contributed by atoms with E-state index in [1.54, 1.807) is 0 Å². The molecular weight excluding hydrogens is 284 g/mol. The number of furan rings is 1. The number of nitrogens with zero attached hydrogens (tertiary/aromatic N) is 2. The normalized spacial score (nSPS) is 20.5. The zero-order chi connectivity index (χ0) is 15.1. The fourth-order valence-electron chi connectivity index (χ4n) is 3.24. The molecule has 2 aliphatic rings. The molecule has 0 amide bonds. The minimum absolute atomic E-state index is 0.0468. The second kappa shape index (κ2) is 5.37. The van der Waals surface area contributed by atoms with Crippen LogP contribution in [-0.2, 0) is 28.9 Å². The Balaban J connectivity index is 1.66. The summed E-state index contributed by atoms with van der Waals surface area (Å²) in [5.74, 6) is 1.28. The van der Waals surface area contributed by atoms with E-state index >= 15 is 0 Å². The van der Waals surface area contributed by atoms with E-state index in [1.165, 1.54) is 5.56 Å². The summed E-state index contributed by atoms with van der Waals surface area (Å²) in [6.07, 6.45) is 4.59. The van der Waals surface area contributed by atoms with E-state index in [1.807, 2.05) is 11.6 Å². The van der Waals surface area contributed by atoms with E-state index < -0.39 is 0 Å². The third-order valence-electron chi connectivity index (χ3n) is 4.33. The van der Waals surface area contributed by atoms with Crippen LogP contribution in [0.1, 0.15) is 27.4 Å². The van der Waals surface area contributed by atoms with Crippen molar-refractivity contribution in [2.75, 3.05) is 19.8 Å². The van der Waals surface area contributed by atoms with Crippen molar-refractivity contribution in [1.29, 1.82) is 0 Å². The Morgan fingerprint density at radius 1 is 1.41 bits per heavy atom. The standard InChI is InChI=1S/C16H18N2O4/c1-10-14(8-19)22-13-3-2-11-6-18(17-16(11)15(10)13)7-12-9-20-4-5-21-12/h6,8,12H,2-5,7,9H2,1H3. The van der Waals surface area contributed by atoms with Crippen LogP contribution in [0.2, 0.25) is 0 Å². The number of aromatic nitrogens is 2. The number of aldehydes is 1. The first-order valence-electron chi connectivity index (χ1n) is 7.59. The molecule has 0 radical (unpaired) electrons. The highest BCUT2D eigenvalue weighted by atomic mass is 16.6. The van der Waals surface area contributed by atoms with Gasteiger partial charge in [-0.25, -0.2) is 0 Å². The first-order chi connectivity index (χ1) is 10.8. The predicted molar refractivity (Wildman–Crippen MR) is 78.0 cm³/mol. The molecule has 1 atom stereocenters. The Kier molecular flexibility index (Phi) is 3.35. The van der Waals surface area contributed by atoms with Gasteiger partial charge in [-0.1, -0.05) is 0 Å². The molecule has 0 spiro atoms. The fraction of sp³-hybridized carbons (Fsp3) is 0.500. The summed E-state index contributed by atoms with van der Waals surface area (Å²) < 4.78 is 18.7. The lowest BCUT2D eigenvalue weighted by atomic mass is 9.94. The molecule has 116 valence electrons. The van der Waals surface area contributed by atoms with Crippen molar-refractivity contribution in [3.63, 3.8) is 0 Å². The average molecular weight is 302 g/mol. The van der Waals surface area contributed by atoms with Gasteiger partial charge < -0.3 is 13.9 Å². The second-order valence-corrected chi connectivity index (χ2v) is 5.80. The van der Waals surface area contributed by atoms with Gasteiger partial charge in [0.15, 0.2) is 12.0 Å². The SMILES string of the molecule is Cc1c(C=O)oc2c1-c1nn(CC3COCCO3)cc1CC2. The topological polar surface area (TPSA) is 66.5 Å². The van der Waals surface area contributed by atoms with E-state index in [4.69, 9.17) is 19.0 Å². The van der Waals surface area contributed by atoms with Crippen molar-refractivity contribution in [3.8, 4) is 11.3 Å². The van der Waals surface area contributed by atoms with E-state index in [9.17, 15) is 4.79 Å².